The Morgan fingerprint density at radius 1 is 1.29 bits per heavy atom. The molecule has 1 aromatic carbocycles. The van der Waals surface area contributed by atoms with E-state index >= 15 is 0 Å². The van der Waals surface area contributed by atoms with Crippen molar-refractivity contribution in [1.82, 2.24) is 15.1 Å². The molecule has 2 heterocycles. The summed E-state index contributed by atoms with van der Waals surface area (Å²) in [7, 11) is 0. The molecule has 3 rings (SSSR count). The summed E-state index contributed by atoms with van der Waals surface area (Å²) in [6.45, 7) is 0.725. The standard InChI is InChI=1S/C15H15N3O3/c19-14(18-7-6-11(9-18)15(20)21)12-8-16-17-13(12)10-4-2-1-3-5-10/h1-5,8,11H,6-7,9H2,(H,16,17)(H,20,21). The number of rotatable bonds is 3. The molecule has 1 aliphatic heterocycles. The number of hydrogen-bond acceptors (Lipinski definition) is 3. The number of carboxylic acid groups (broad SMARTS) is 1. The van der Waals surface area contributed by atoms with Gasteiger partial charge in [-0.3, -0.25) is 14.7 Å². The zero-order valence-electron chi connectivity index (χ0n) is 11.3. The Morgan fingerprint density at radius 2 is 2.05 bits per heavy atom. The number of aliphatic carboxylic acids is 1. The SMILES string of the molecule is O=C(O)C1CCN(C(=O)c2cn[nH]c2-c2ccccc2)C1. The van der Waals surface area contributed by atoms with Gasteiger partial charge in [-0.15, -0.1) is 0 Å². The smallest absolute Gasteiger partial charge is 0.308 e. The first-order valence-electron chi connectivity index (χ1n) is 6.77. The Morgan fingerprint density at radius 3 is 2.71 bits per heavy atom. The monoisotopic (exact) mass is 285 g/mol. The minimum Gasteiger partial charge on any atom is -0.481 e. The van der Waals surface area contributed by atoms with Crippen molar-refractivity contribution in [2.45, 2.75) is 6.42 Å². The highest BCUT2D eigenvalue weighted by Crippen LogP contribution is 2.24. The van der Waals surface area contributed by atoms with Crippen LogP contribution in [0.25, 0.3) is 11.3 Å². The van der Waals surface area contributed by atoms with Gasteiger partial charge in [-0.25, -0.2) is 0 Å². The van der Waals surface area contributed by atoms with Gasteiger partial charge < -0.3 is 10.0 Å². The molecule has 1 fully saturated rings. The second kappa shape index (κ2) is 5.40. The van der Waals surface area contributed by atoms with Crippen LogP contribution in [0.1, 0.15) is 16.8 Å². The van der Waals surface area contributed by atoms with Gasteiger partial charge in [0.15, 0.2) is 0 Å². The van der Waals surface area contributed by atoms with Gasteiger partial charge in [-0.2, -0.15) is 5.10 Å². The second-order valence-electron chi connectivity index (χ2n) is 5.10. The predicted molar refractivity (Wildman–Crippen MR) is 75.7 cm³/mol. The molecule has 1 atom stereocenters. The maximum absolute atomic E-state index is 12.5. The Balaban J connectivity index is 1.84. The molecule has 1 amide bonds. The molecule has 108 valence electrons. The summed E-state index contributed by atoms with van der Waals surface area (Å²) in [5.74, 6) is -1.49. The van der Waals surface area contributed by atoms with Crippen LogP contribution >= 0.6 is 0 Å². The summed E-state index contributed by atoms with van der Waals surface area (Å²) < 4.78 is 0. The summed E-state index contributed by atoms with van der Waals surface area (Å²) in [5.41, 5.74) is 2.03. The summed E-state index contributed by atoms with van der Waals surface area (Å²) in [6, 6.07) is 9.48. The van der Waals surface area contributed by atoms with Crippen LogP contribution in [0.5, 0.6) is 0 Å². The van der Waals surface area contributed by atoms with Gasteiger partial charge in [0, 0.05) is 18.7 Å². The number of H-pyrrole nitrogens is 1. The molecule has 2 N–H and O–H groups in total. The highest BCUT2D eigenvalue weighted by atomic mass is 16.4. The van der Waals surface area contributed by atoms with Crippen LogP contribution in [0, 0.1) is 5.92 Å². The van der Waals surface area contributed by atoms with Crippen LogP contribution in [-0.4, -0.2) is 45.2 Å². The number of likely N-dealkylation sites (tertiary alicyclic amines) is 1. The Bertz CT molecular complexity index is 666. The molecule has 0 aliphatic carbocycles. The van der Waals surface area contributed by atoms with E-state index in [2.05, 4.69) is 10.2 Å². The molecule has 0 bridgehead atoms. The topological polar surface area (TPSA) is 86.3 Å². The summed E-state index contributed by atoms with van der Waals surface area (Å²) in [4.78, 5) is 25.1. The number of carboxylic acids is 1. The molecule has 0 radical (unpaired) electrons. The molecule has 1 aliphatic rings. The largest absolute Gasteiger partial charge is 0.481 e. The first kappa shape index (κ1) is 13.4. The van der Waals surface area contributed by atoms with Gasteiger partial charge in [-0.05, 0) is 6.42 Å². The lowest BCUT2D eigenvalue weighted by Crippen LogP contribution is -2.30. The molecule has 0 spiro atoms. The number of benzene rings is 1. The van der Waals surface area contributed by atoms with Gasteiger partial charge in [0.25, 0.3) is 5.91 Å². The summed E-state index contributed by atoms with van der Waals surface area (Å²) >= 11 is 0. The lowest BCUT2D eigenvalue weighted by atomic mass is 10.1. The average molecular weight is 285 g/mol. The van der Waals surface area contributed by atoms with Crippen LogP contribution < -0.4 is 0 Å². The van der Waals surface area contributed by atoms with E-state index in [-0.39, 0.29) is 12.5 Å². The quantitative estimate of drug-likeness (QED) is 0.897. The van der Waals surface area contributed by atoms with E-state index in [0.29, 0.717) is 24.2 Å². The minimum atomic E-state index is -0.847. The lowest BCUT2D eigenvalue weighted by Gasteiger charge is -2.15. The van der Waals surface area contributed by atoms with Gasteiger partial charge in [0.05, 0.1) is 23.4 Å². The number of aromatic amines is 1. The van der Waals surface area contributed by atoms with Crippen molar-refractivity contribution < 1.29 is 14.7 Å². The van der Waals surface area contributed by atoms with Crippen LogP contribution in [-0.2, 0) is 4.79 Å². The number of nitrogens with one attached hydrogen (secondary N) is 1. The van der Waals surface area contributed by atoms with Crippen LogP contribution in [0.2, 0.25) is 0 Å². The number of nitrogens with zero attached hydrogens (tertiary/aromatic N) is 2. The fourth-order valence-electron chi connectivity index (χ4n) is 2.59. The van der Waals surface area contributed by atoms with E-state index in [1.807, 2.05) is 30.3 Å². The molecule has 21 heavy (non-hydrogen) atoms. The number of carbonyl (C=O) groups excluding carboxylic acids is 1. The third-order valence-electron chi connectivity index (χ3n) is 3.76. The van der Waals surface area contributed by atoms with E-state index in [1.165, 1.54) is 6.20 Å². The van der Waals surface area contributed by atoms with Crippen molar-refractivity contribution in [2.24, 2.45) is 5.92 Å². The first-order valence-corrected chi connectivity index (χ1v) is 6.77. The Labute approximate surface area is 121 Å². The number of carbonyl (C=O) groups is 2. The van der Waals surface area contributed by atoms with Crippen LogP contribution in [0.3, 0.4) is 0 Å². The zero-order valence-corrected chi connectivity index (χ0v) is 11.3. The number of aromatic nitrogens is 2. The van der Waals surface area contributed by atoms with Crippen molar-refractivity contribution in [3.05, 3.63) is 42.1 Å². The third-order valence-corrected chi connectivity index (χ3v) is 3.76. The van der Waals surface area contributed by atoms with Gasteiger partial charge >= 0.3 is 5.97 Å². The fraction of sp³-hybridized carbons (Fsp3) is 0.267. The molecule has 6 heteroatoms. The number of amides is 1. The van der Waals surface area contributed by atoms with E-state index in [1.54, 1.807) is 4.90 Å². The van der Waals surface area contributed by atoms with Gasteiger partial charge in [0.1, 0.15) is 0 Å². The maximum atomic E-state index is 12.5. The van der Waals surface area contributed by atoms with Crippen LogP contribution in [0.4, 0.5) is 0 Å². The first-order chi connectivity index (χ1) is 10.2. The molecule has 2 aromatic rings. The lowest BCUT2D eigenvalue weighted by molar-refractivity contribution is -0.141. The molecular weight excluding hydrogens is 270 g/mol. The molecule has 6 nitrogen and oxygen atoms in total. The van der Waals surface area contributed by atoms with Crippen molar-refractivity contribution >= 4 is 11.9 Å². The molecule has 0 saturated carbocycles. The van der Waals surface area contributed by atoms with Gasteiger partial charge in [-0.1, -0.05) is 30.3 Å². The average Bonchev–Trinajstić information content (AvgIpc) is 3.17. The zero-order chi connectivity index (χ0) is 14.8. The molecular formula is C15H15N3O3. The van der Waals surface area contributed by atoms with Crippen molar-refractivity contribution in [3.63, 3.8) is 0 Å². The molecule has 1 saturated heterocycles. The third kappa shape index (κ3) is 2.52. The van der Waals surface area contributed by atoms with Crippen molar-refractivity contribution in [2.75, 3.05) is 13.1 Å². The summed E-state index contributed by atoms with van der Waals surface area (Å²) in [5, 5.41) is 15.8. The molecule has 1 unspecified atom stereocenters. The van der Waals surface area contributed by atoms with E-state index < -0.39 is 11.9 Å². The fourth-order valence-corrected chi connectivity index (χ4v) is 2.59. The van der Waals surface area contributed by atoms with E-state index in [4.69, 9.17) is 5.11 Å². The Kier molecular flexibility index (Phi) is 3.43. The van der Waals surface area contributed by atoms with Crippen molar-refractivity contribution in [3.8, 4) is 11.3 Å². The highest BCUT2D eigenvalue weighted by molar-refractivity contribution is 6.00. The Hall–Kier alpha value is -2.63. The molecule has 1 aromatic heterocycles. The maximum Gasteiger partial charge on any atom is 0.308 e. The highest BCUT2D eigenvalue weighted by Gasteiger charge is 2.32. The normalized spacial score (nSPS) is 17.9. The number of hydrogen-bond donors (Lipinski definition) is 2. The van der Waals surface area contributed by atoms with Crippen LogP contribution in [0.15, 0.2) is 36.5 Å². The van der Waals surface area contributed by atoms with E-state index in [9.17, 15) is 9.59 Å². The predicted octanol–water partition coefficient (Wildman–Crippen LogP) is 1.62. The van der Waals surface area contributed by atoms with E-state index in [0.717, 1.165) is 5.56 Å². The summed E-state index contributed by atoms with van der Waals surface area (Å²) in [6.07, 6.45) is 2.00. The second-order valence-corrected chi connectivity index (χ2v) is 5.10. The minimum absolute atomic E-state index is 0.175. The van der Waals surface area contributed by atoms with Crippen molar-refractivity contribution in [1.29, 1.82) is 0 Å². The van der Waals surface area contributed by atoms with Gasteiger partial charge in [0.2, 0.25) is 0 Å².